The van der Waals surface area contributed by atoms with Gasteiger partial charge in [0.05, 0.1) is 0 Å². The quantitative estimate of drug-likeness (QED) is 0.645. The highest BCUT2D eigenvalue weighted by Crippen LogP contribution is 2.44. The van der Waals surface area contributed by atoms with Gasteiger partial charge in [-0.25, -0.2) is 8.78 Å². The second-order valence-electron chi connectivity index (χ2n) is 4.44. The molecule has 0 aromatic heterocycles. The van der Waals surface area contributed by atoms with Crippen molar-refractivity contribution in [2.45, 2.75) is 23.6 Å². The molecule has 20 heavy (non-hydrogen) atoms. The van der Waals surface area contributed by atoms with Crippen LogP contribution in [0.5, 0.6) is 0 Å². The van der Waals surface area contributed by atoms with Crippen LogP contribution in [0.2, 0.25) is 0 Å². The average molecular weight is 312 g/mol. The fourth-order valence-electron chi connectivity index (χ4n) is 1.67. The standard InChI is InChI=1S/C14H14F2N2S2/c1-7-3-9(15)5-11(13(7)17)19-20-12-6-10(16)4-8(2)14(12)18/h3-6H,17-18H2,1-2H3. The third-order valence-corrected chi connectivity index (χ3v) is 5.29. The van der Waals surface area contributed by atoms with E-state index in [1.165, 1.54) is 45.9 Å². The van der Waals surface area contributed by atoms with Gasteiger partial charge in [0.25, 0.3) is 0 Å². The maximum absolute atomic E-state index is 13.4. The zero-order valence-electron chi connectivity index (χ0n) is 11.0. The van der Waals surface area contributed by atoms with E-state index in [4.69, 9.17) is 11.5 Å². The largest absolute Gasteiger partial charge is 0.398 e. The Kier molecular flexibility index (Phi) is 4.45. The number of nitrogens with two attached hydrogens (primary N) is 2. The fourth-order valence-corrected chi connectivity index (χ4v) is 4.04. The highest BCUT2D eigenvalue weighted by atomic mass is 33.1. The molecule has 0 amide bonds. The molecule has 2 aromatic rings. The van der Waals surface area contributed by atoms with Crippen molar-refractivity contribution in [1.82, 2.24) is 0 Å². The topological polar surface area (TPSA) is 52.0 Å². The molecular formula is C14H14F2N2S2. The Balaban J connectivity index is 2.26. The maximum Gasteiger partial charge on any atom is 0.124 e. The van der Waals surface area contributed by atoms with Gasteiger partial charge in [0, 0.05) is 21.2 Å². The Labute approximate surface area is 124 Å². The lowest BCUT2D eigenvalue weighted by atomic mass is 10.2. The first-order valence-electron chi connectivity index (χ1n) is 5.84. The molecule has 6 heteroatoms. The monoisotopic (exact) mass is 312 g/mol. The summed E-state index contributed by atoms with van der Waals surface area (Å²) < 4.78 is 26.8. The van der Waals surface area contributed by atoms with Crippen molar-refractivity contribution < 1.29 is 8.78 Å². The predicted octanol–water partition coefficient (Wildman–Crippen LogP) is 4.55. The van der Waals surface area contributed by atoms with Gasteiger partial charge in [0.1, 0.15) is 11.6 Å². The number of halogens is 2. The molecule has 0 fully saturated rings. The van der Waals surface area contributed by atoms with E-state index in [0.717, 1.165) is 0 Å². The molecule has 0 bridgehead atoms. The van der Waals surface area contributed by atoms with Gasteiger partial charge >= 0.3 is 0 Å². The van der Waals surface area contributed by atoms with Crippen LogP contribution in [0.1, 0.15) is 11.1 Å². The van der Waals surface area contributed by atoms with Gasteiger partial charge in [0.2, 0.25) is 0 Å². The van der Waals surface area contributed by atoms with Gasteiger partial charge in [-0.05, 0) is 49.2 Å². The highest BCUT2D eigenvalue weighted by molar-refractivity contribution is 8.76. The summed E-state index contributed by atoms with van der Waals surface area (Å²) in [5, 5.41) is 0. The van der Waals surface area contributed by atoms with E-state index in [9.17, 15) is 8.78 Å². The smallest absolute Gasteiger partial charge is 0.124 e. The zero-order valence-corrected chi connectivity index (χ0v) is 12.7. The summed E-state index contributed by atoms with van der Waals surface area (Å²) in [4.78, 5) is 1.21. The van der Waals surface area contributed by atoms with Crippen LogP contribution in [0.4, 0.5) is 20.2 Å². The van der Waals surface area contributed by atoms with Gasteiger partial charge in [-0.1, -0.05) is 21.6 Å². The van der Waals surface area contributed by atoms with Crippen LogP contribution in [-0.2, 0) is 0 Å². The van der Waals surface area contributed by atoms with Crippen molar-refractivity contribution in [3.8, 4) is 0 Å². The maximum atomic E-state index is 13.4. The lowest BCUT2D eigenvalue weighted by Gasteiger charge is -2.10. The van der Waals surface area contributed by atoms with Gasteiger partial charge in [-0.2, -0.15) is 0 Å². The van der Waals surface area contributed by atoms with Gasteiger partial charge in [0.15, 0.2) is 0 Å². The molecule has 0 spiro atoms. The Bertz CT molecular complexity index is 603. The second kappa shape index (κ2) is 5.93. The molecule has 0 aliphatic heterocycles. The summed E-state index contributed by atoms with van der Waals surface area (Å²) >= 11 is 0. The molecule has 0 saturated carbocycles. The lowest BCUT2D eigenvalue weighted by molar-refractivity contribution is 0.623. The highest BCUT2D eigenvalue weighted by Gasteiger charge is 2.10. The van der Waals surface area contributed by atoms with E-state index in [1.807, 2.05) is 0 Å². The van der Waals surface area contributed by atoms with Crippen LogP contribution in [0.15, 0.2) is 34.1 Å². The van der Waals surface area contributed by atoms with Crippen LogP contribution in [0.25, 0.3) is 0 Å². The molecule has 4 N–H and O–H groups in total. The molecule has 0 heterocycles. The molecule has 0 atom stereocenters. The second-order valence-corrected chi connectivity index (χ2v) is 6.65. The molecule has 0 unspecified atom stereocenters. The van der Waals surface area contributed by atoms with Crippen LogP contribution in [-0.4, -0.2) is 0 Å². The first-order valence-corrected chi connectivity index (χ1v) is 7.99. The summed E-state index contributed by atoms with van der Waals surface area (Å²) in [5.41, 5.74) is 14.2. The van der Waals surface area contributed by atoms with Crippen molar-refractivity contribution in [1.29, 1.82) is 0 Å². The van der Waals surface area contributed by atoms with Crippen molar-refractivity contribution in [2.75, 3.05) is 11.5 Å². The number of hydrogen-bond acceptors (Lipinski definition) is 4. The van der Waals surface area contributed by atoms with E-state index in [0.29, 0.717) is 32.3 Å². The van der Waals surface area contributed by atoms with Crippen molar-refractivity contribution in [3.63, 3.8) is 0 Å². The van der Waals surface area contributed by atoms with E-state index < -0.39 is 0 Å². The molecule has 0 aliphatic rings. The number of hydrogen-bond donors (Lipinski definition) is 2. The molecule has 0 aliphatic carbocycles. The van der Waals surface area contributed by atoms with Crippen LogP contribution >= 0.6 is 21.6 Å². The van der Waals surface area contributed by atoms with Crippen LogP contribution in [0.3, 0.4) is 0 Å². The summed E-state index contributed by atoms with van der Waals surface area (Å²) in [5.74, 6) is -0.689. The lowest BCUT2D eigenvalue weighted by Crippen LogP contribution is -1.95. The number of nitrogen functional groups attached to an aromatic ring is 2. The normalized spacial score (nSPS) is 10.8. The Morgan fingerprint density at radius 3 is 1.45 bits per heavy atom. The van der Waals surface area contributed by atoms with Crippen molar-refractivity contribution >= 4 is 33.0 Å². The van der Waals surface area contributed by atoms with Crippen molar-refractivity contribution in [3.05, 3.63) is 47.0 Å². The average Bonchev–Trinajstić information content (AvgIpc) is 2.37. The summed E-state index contributed by atoms with van der Waals surface area (Å²) in [6.45, 7) is 3.49. The third kappa shape index (κ3) is 3.19. The Morgan fingerprint density at radius 2 is 1.10 bits per heavy atom. The van der Waals surface area contributed by atoms with Crippen LogP contribution < -0.4 is 11.5 Å². The predicted molar refractivity (Wildman–Crippen MR) is 82.8 cm³/mol. The Hall–Kier alpha value is -1.40. The molecule has 0 radical (unpaired) electrons. The van der Waals surface area contributed by atoms with E-state index in [1.54, 1.807) is 13.8 Å². The SMILES string of the molecule is Cc1cc(F)cc(SSc2cc(F)cc(C)c2N)c1N. The zero-order chi connectivity index (χ0) is 14.9. The molecule has 106 valence electrons. The molecule has 2 nitrogen and oxygen atoms in total. The van der Waals surface area contributed by atoms with Crippen molar-refractivity contribution in [2.24, 2.45) is 0 Å². The molecular weight excluding hydrogens is 298 g/mol. The van der Waals surface area contributed by atoms with Gasteiger partial charge in [-0.3, -0.25) is 0 Å². The minimum Gasteiger partial charge on any atom is -0.398 e. The summed E-state index contributed by atoms with van der Waals surface area (Å²) in [7, 11) is 2.53. The molecule has 2 aromatic carbocycles. The first-order chi connectivity index (χ1) is 9.38. The third-order valence-electron chi connectivity index (χ3n) is 2.85. The Morgan fingerprint density at radius 1 is 0.750 bits per heavy atom. The fraction of sp³-hybridized carbons (Fsp3) is 0.143. The van der Waals surface area contributed by atoms with Gasteiger partial charge in [-0.15, -0.1) is 0 Å². The summed E-state index contributed by atoms with van der Waals surface area (Å²) in [6, 6.07) is 5.49. The minimum atomic E-state index is -0.344. The molecule has 2 rings (SSSR count). The number of benzene rings is 2. The van der Waals surface area contributed by atoms with E-state index >= 15 is 0 Å². The number of aryl methyl sites for hydroxylation is 2. The summed E-state index contributed by atoms with van der Waals surface area (Å²) in [6.07, 6.45) is 0. The minimum absolute atomic E-state index is 0.344. The van der Waals surface area contributed by atoms with E-state index in [-0.39, 0.29) is 11.6 Å². The van der Waals surface area contributed by atoms with Gasteiger partial charge < -0.3 is 11.5 Å². The first kappa shape index (κ1) is 15.0. The number of rotatable bonds is 3. The number of anilines is 2. The van der Waals surface area contributed by atoms with Crippen LogP contribution in [0, 0.1) is 25.5 Å². The molecule has 0 saturated heterocycles. The van der Waals surface area contributed by atoms with E-state index in [2.05, 4.69) is 0 Å².